The van der Waals surface area contributed by atoms with E-state index in [2.05, 4.69) is 11.4 Å². The molecule has 0 bridgehead atoms. The summed E-state index contributed by atoms with van der Waals surface area (Å²) < 4.78 is 5.46. The first-order valence-corrected chi connectivity index (χ1v) is 7.63. The number of benzene rings is 1. The van der Waals surface area contributed by atoms with Gasteiger partial charge in [-0.1, -0.05) is 6.07 Å². The summed E-state index contributed by atoms with van der Waals surface area (Å²) in [5, 5.41) is 12.5. The van der Waals surface area contributed by atoms with Crippen molar-refractivity contribution in [1.29, 1.82) is 0 Å². The average molecular weight is 287 g/mol. The molecule has 1 heterocycles. The van der Waals surface area contributed by atoms with Gasteiger partial charge >= 0.3 is 0 Å². The molecular weight excluding hydrogens is 266 g/mol. The van der Waals surface area contributed by atoms with Crippen molar-refractivity contribution in [2.24, 2.45) is 0 Å². The quantitative estimate of drug-likeness (QED) is 0.837. The summed E-state index contributed by atoms with van der Waals surface area (Å²) in [7, 11) is 0. The summed E-state index contributed by atoms with van der Waals surface area (Å²) in [4.78, 5) is 11.9. The van der Waals surface area contributed by atoms with E-state index in [9.17, 15) is 9.90 Å². The number of hydrogen-bond donors (Lipinski definition) is 2. The van der Waals surface area contributed by atoms with Gasteiger partial charge in [-0.3, -0.25) is 4.79 Å². The zero-order chi connectivity index (χ0) is 14.7. The molecule has 0 saturated heterocycles. The van der Waals surface area contributed by atoms with E-state index >= 15 is 0 Å². The molecule has 2 N–H and O–H groups in total. The number of hydrogen-bond acceptors (Lipinski definition) is 3. The Kier molecular flexibility index (Phi) is 4.25. The van der Waals surface area contributed by atoms with Crippen LogP contribution in [0, 0.1) is 0 Å². The van der Waals surface area contributed by atoms with Gasteiger partial charge in [0, 0.05) is 18.5 Å². The van der Waals surface area contributed by atoms with Crippen LogP contribution in [0.2, 0.25) is 0 Å². The molecule has 21 heavy (non-hydrogen) atoms. The summed E-state index contributed by atoms with van der Waals surface area (Å²) in [5.41, 5.74) is 2.23. The first-order chi connectivity index (χ1) is 10.2. The van der Waals surface area contributed by atoms with Crippen LogP contribution in [0.25, 0.3) is 6.08 Å². The Morgan fingerprint density at radius 1 is 1.29 bits per heavy atom. The summed E-state index contributed by atoms with van der Waals surface area (Å²) in [6.07, 6.45) is 7.44. The molecule has 1 aromatic rings. The highest BCUT2D eigenvalue weighted by atomic mass is 16.5. The summed E-state index contributed by atoms with van der Waals surface area (Å²) >= 11 is 0. The molecule has 1 amide bonds. The molecule has 0 spiro atoms. The first-order valence-electron chi connectivity index (χ1n) is 7.63. The van der Waals surface area contributed by atoms with Crippen LogP contribution in [0.3, 0.4) is 0 Å². The minimum Gasteiger partial charge on any atom is -0.493 e. The van der Waals surface area contributed by atoms with Crippen molar-refractivity contribution < 1.29 is 14.6 Å². The monoisotopic (exact) mass is 287 g/mol. The topological polar surface area (TPSA) is 58.6 Å². The predicted molar refractivity (Wildman–Crippen MR) is 81.1 cm³/mol. The highest BCUT2D eigenvalue weighted by Gasteiger charge is 2.19. The second-order valence-corrected chi connectivity index (χ2v) is 5.81. The third-order valence-electron chi connectivity index (χ3n) is 4.18. The minimum atomic E-state index is -0.192. The second kappa shape index (κ2) is 6.31. The van der Waals surface area contributed by atoms with Gasteiger partial charge < -0.3 is 15.2 Å². The van der Waals surface area contributed by atoms with Gasteiger partial charge in [0.25, 0.3) is 0 Å². The third-order valence-corrected chi connectivity index (χ3v) is 4.18. The molecule has 0 unspecified atom stereocenters. The van der Waals surface area contributed by atoms with Crippen molar-refractivity contribution in [1.82, 2.24) is 5.32 Å². The predicted octanol–water partition coefficient (Wildman–Crippen LogP) is 2.05. The van der Waals surface area contributed by atoms with Gasteiger partial charge in [-0.15, -0.1) is 0 Å². The van der Waals surface area contributed by atoms with E-state index in [0.29, 0.717) is 0 Å². The lowest BCUT2D eigenvalue weighted by molar-refractivity contribution is -0.117. The van der Waals surface area contributed by atoms with Gasteiger partial charge in [-0.2, -0.15) is 0 Å². The number of amides is 1. The van der Waals surface area contributed by atoms with Crippen LogP contribution in [-0.4, -0.2) is 29.8 Å². The summed E-state index contributed by atoms with van der Waals surface area (Å²) in [6.45, 7) is 0.747. The molecule has 3 rings (SSSR count). The molecule has 2 aliphatic rings. The maximum absolute atomic E-state index is 11.9. The molecule has 0 radical (unpaired) electrons. The number of fused-ring (bicyclic) bond motifs is 1. The summed E-state index contributed by atoms with van der Waals surface area (Å²) in [5.74, 6) is 0.894. The van der Waals surface area contributed by atoms with Crippen molar-refractivity contribution in [2.75, 3.05) is 6.61 Å². The lowest BCUT2D eigenvalue weighted by atomic mass is 9.93. The zero-order valence-electron chi connectivity index (χ0n) is 12.0. The standard InChI is InChI=1S/C17H21NO3/c19-15-5-3-14(4-6-15)18-17(20)8-2-12-1-7-16-13(11-12)9-10-21-16/h1-2,7-8,11,14-15,19H,3-6,9-10H2,(H,18,20)/b8-2+. The van der Waals surface area contributed by atoms with E-state index in [1.807, 2.05) is 18.2 Å². The number of carbonyl (C=O) groups excluding carboxylic acids is 1. The van der Waals surface area contributed by atoms with Crippen LogP contribution in [0.1, 0.15) is 36.8 Å². The van der Waals surface area contributed by atoms with Crippen LogP contribution in [0.15, 0.2) is 24.3 Å². The van der Waals surface area contributed by atoms with Gasteiger partial charge in [0.1, 0.15) is 5.75 Å². The second-order valence-electron chi connectivity index (χ2n) is 5.81. The fourth-order valence-corrected chi connectivity index (χ4v) is 2.95. The number of carbonyl (C=O) groups is 1. The summed E-state index contributed by atoms with van der Waals surface area (Å²) in [6, 6.07) is 6.19. The molecule has 1 fully saturated rings. The number of aliphatic hydroxyl groups is 1. The molecule has 0 aromatic heterocycles. The van der Waals surface area contributed by atoms with E-state index in [1.165, 1.54) is 5.56 Å². The van der Waals surface area contributed by atoms with Crippen molar-refractivity contribution in [3.05, 3.63) is 35.4 Å². The number of aliphatic hydroxyl groups excluding tert-OH is 1. The van der Waals surface area contributed by atoms with E-state index < -0.39 is 0 Å². The maximum Gasteiger partial charge on any atom is 0.244 e. The van der Waals surface area contributed by atoms with Crippen LogP contribution in [0.5, 0.6) is 5.75 Å². The van der Waals surface area contributed by atoms with Gasteiger partial charge in [0.15, 0.2) is 0 Å². The Balaban J connectivity index is 1.54. The number of rotatable bonds is 3. The van der Waals surface area contributed by atoms with E-state index in [0.717, 1.165) is 50.0 Å². The fourth-order valence-electron chi connectivity index (χ4n) is 2.95. The van der Waals surface area contributed by atoms with Gasteiger partial charge in [0.05, 0.1) is 12.7 Å². The Morgan fingerprint density at radius 2 is 2.10 bits per heavy atom. The molecule has 1 saturated carbocycles. The SMILES string of the molecule is O=C(/C=C/c1ccc2c(c1)CCO2)NC1CCC(O)CC1. The third kappa shape index (κ3) is 3.64. The Hall–Kier alpha value is -1.81. The van der Waals surface area contributed by atoms with E-state index in [-0.39, 0.29) is 18.1 Å². The highest BCUT2D eigenvalue weighted by molar-refractivity contribution is 5.92. The van der Waals surface area contributed by atoms with Crippen LogP contribution < -0.4 is 10.1 Å². The Morgan fingerprint density at radius 3 is 2.90 bits per heavy atom. The fraction of sp³-hybridized carbons (Fsp3) is 0.471. The largest absolute Gasteiger partial charge is 0.493 e. The molecule has 1 aromatic carbocycles. The maximum atomic E-state index is 11.9. The van der Waals surface area contributed by atoms with Crippen molar-refractivity contribution in [2.45, 2.75) is 44.2 Å². The lowest BCUT2D eigenvalue weighted by Gasteiger charge is -2.25. The van der Waals surface area contributed by atoms with E-state index in [4.69, 9.17) is 4.74 Å². The van der Waals surface area contributed by atoms with E-state index in [1.54, 1.807) is 6.08 Å². The van der Waals surface area contributed by atoms with Crippen molar-refractivity contribution >= 4 is 12.0 Å². The minimum absolute atomic E-state index is 0.0619. The molecule has 112 valence electrons. The van der Waals surface area contributed by atoms with Crippen molar-refractivity contribution in [3.63, 3.8) is 0 Å². The lowest BCUT2D eigenvalue weighted by Crippen LogP contribution is -2.37. The smallest absolute Gasteiger partial charge is 0.244 e. The van der Waals surface area contributed by atoms with Gasteiger partial charge in [-0.05, 0) is 55.0 Å². The normalized spacial score (nSPS) is 24.6. The molecule has 1 aliphatic carbocycles. The highest BCUT2D eigenvalue weighted by Crippen LogP contribution is 2.26. The number of nitrogens with one attached hydrogen (secondary N) is 1. The Bertz CT molecular complexity index is 545. The van der Waals surface area contributed by atoms with Crippen molar-refractivity contribution in [3.8, 4) is 5.75 Å². The van der Waals surface area contributed by atoms with Crippen LogP contribution >= 0.6 is 0 Å². The molecule has 1 aliphatic heterocycles. The van der Waals surface area contributed by atoms with Crippen LogP contribution in [-0.2, 0) is 11.2 Å². The number of ether oxygens (including phenoxy) is 1. The zero-order valence-corrected chi connectivity index (χ0v) is 12.0. The molecule has 4 heteroatoms. The molecule has 4 nitrogen and oxygen atoms in total. The molecular formula is C17H21NO3. The van der Waals surface area contributed by atoms with Gasteiger partial charge in [-0.25, -0.2) is 0 Å². The average Bonchev–Trinajstić information content (AvgIpc) is 2.95. The van der Waals surface area contributed by atoms with Crippen LogP contribution in [0.4, 0.5) is 0 Å². The first kappa shape index (κ1) is 14.1. The van der Waals surface area contributed by atoms with Gasteiger partial charge in [0.2, 0.25) is 5.91 Å². The molecule has 0 atom stereocenters. The Labute approximate surface area is 124 Å².